The first-order chi connectivity index (χ1) is 14.3. The Morgan fingerprint density at radius 3 is 2.10 bits per heavy atom. The van der Waals surface area contributed by atoms with Crippen LogP contribution in [0, 0.1) is 6.92 Å². The molecular weight excluding hydrogens is 422 g/mol. The Labute approximate surface area is 182 Å². The molecule has 0 aromatic heterocycles. The third-order valence-electron chi connectivity index (χ3n) is 4.90. The van der Waals surface area contributed by atoms with Crippen molar-refractivity contribution in [1.29, 1.82) is 0 Å². The Hall–Kier alpha value is -2.70. The lowest BCUT2D eigenvalue weighted by Gasteiger charge is -2.32. The molecule has 0 amide bonds. The van der Waals surface area contributed by atoms with Gasteiger partial charge < -0.3 is 9.47 Å². The largest absolute Gasteiger partial charge is 0.497 e. The van der Waals surface area contributed by atoms with E-state index in [-0.39, 0.29) is 4.90 Å². The van der Waals surface area contributed by atoms with Crippen molar-refractivity contribution in [3.05, 3.63) is 82.9 Å². The summed E-state index contributed by atoms with van der Waals surface area (Å²) in [6, 6.07) is 18.3. The molecule has 0 spiro atoms. The summed E-state index contributed by atoms with van der Waals surface area (Å²) in [6.45, 7) is 3.73. The molecule has 0 aliphatic rings. The van der Waals surface area contributed by atoms with Crippen molar-refractivity contribution in [2.45, 2.75) is 24.8 Å². The van der Waals surface area contributed by atoms with Crippen LogP contribution in [0.3, 0.4) is 0 Å². The van der Waals surface area contributed by atoms with E-state index in [1.54, 1.807) is 80.9 Å². The standard InChI is InChI=1S/C23H24ClNO4S/c1-16-5-12-21(13-6-16)30(26,27)25(19-9-7-18(24)8-10-19)17(2)22-15-20(28-3)11-14-23(22)29-4/h5-15,17H,1-4H3/t17-/m0/s1. The highest BCUT2D eigenvalue weighted by molar-refractivity contribution is 7.92. The van der Waals surface area contributed by atoms with Crippen LogP contribution in [0.5, 0.6) is 11.5 Å². The van der Waals surface area contributed by atoms with Gasteiger partial charge in [-0.3, -0.25) is 4.31 Å². The summed E-state index contributed by atoms with van der Waals surface area (Å²) in [5, 5.41) is 0.526. The normalized spacial score (nSPS) is 12.3. The minimum atomic E-state index is -3.88. The Morgan fingerprint density at radius 1 is 0.900 bits per heavy atom. The number of ether oxygens (including phenoxy) is 2. The van der Waals surface area contributed by atoms with Gasteiger partial charge in [-0.05, 0) is 68.4 Å². The first kappa shape index (κ1) is 22.0. The molecular formula is C23H24ClNO4S. The van der Waals surface area contributed by atoms with E-state index >= 15 is 0 Å². The molecule has 3 aromatic rings. The average Bonchev–Trinajstić information content (AvgIpc) is 2.74. The van der Waals surface area contributed by atoms with Crippen molar-refractivity contribution < 1.29 is 17.9 Å². The van der Waals surface area contributed by atoms with Gasteiger partial charge in [0.2, 0.25) is 0 Å². The molecule has 158 valence electrons. The van der Waals surface area contributed by atoms with Gasteiger partial charge >= 0.3 is 0 Å². The van der Waals surface area contributed by atoms with Crippen LogP contribution in [0.15, 0.2) is 71.6 Å². The lowest BCUT2D eigenvalue weighted by molar-refractivity contribution is 0.396. The fraction of sp³-hybridized carbons (Fsp3) is 0.217. The van der Waals surface area contributed by atoms with Crippen LogP contribution >= 0.6 is 11.6 Å². The molecule has 0 N–H and O–H groups in total. The maximum absolute atomic E-state index is 13.7. The van der Waals surface area contributed by atoms with Gasteiger partial charge in [-0.2, -0.15) is 0 Å². The molecule has 7 heteroatoms. The van der Waals surface area contributed by atoms with Gasteiger partial charge in [-0.25, -0.2) is 8.42 Å². The number of halogens is 1. The molecule has 0 radical (unpaired) electrons. The van der Waals surface area contributed by atoms with Gasteiger partial charge in [-0.1, -0.05) is 29.3 Å². The second-order valence-electron chi connectivity index (χ2n) is 6.87. The number of sulfonamides is 1. The summed E-state index contributed by atoms with van der Waals surface area (Å²) in [5.41, 5.74) is 2.16. The summed E-state index contributed by atoms with van der Waals surface area (Å²) in [5.74, 6) is 1.18. The average molecular weight is 446 g/mol. The monoisotopic (exact) mass is 445 g/mol. The van der Waals surface area contributed by atoms with Crippen LogP contribution in [0.4, 0.5) is 5.69 Å². The summed E-state index contributed by atoms with van der Waals surface area (Å²) in [6.07, 6.45) is 0. The van der Waals surface area contributed by atoms with Crippen molar-refractivity contribution in [3.8, 4) is 11.5 Å². The molecule has 3 aromatic carbocycles. The fourth-order valence-corrected chi connectivity index (χ4v) is 5.04. The van der Waals surface area contributed by atoms with E-state index in [9.17, 15) is 8.42 Å². The molecule has 1 atom stereocenters. The number of benzene rings is 3. The van der Waals surface area contributed by atoms with E-state index in [1.807, 2.05) is 13.8 Å². The topological polar surface area (TPSA) is 55.8 Å². The van der Waals surface area contributed by atoms with E-state index in [4.69, 9.17) is 21.1 Å². The Bertz CT molecular complexity index is 1110. The first-order valence-electron chi connectivity index (χ1n) is 9.36. The summed E-state index contributed by atoms with van der Waals surface area (Å²) < 4.78 is 39.7. The zero-order valence-electron chi connectivity index (χ0n) is 17.3. The van der Waals surface area contributed by atoms with Crippen molar-refractivity contribution in [2.24, 2.45) is 0 Å². The molecule has 0 heterocycles. The Balaban J connectivity index is 2.20. The molecule has 0 aliphatic carbocycles. The summed E-state index contributed by atoms with van der Waals surface area (Å²) >= 11 is 6.04. The van der Waals surface area contributed by atoms with E-state index in [1.165, 1.54) is 4.31 Å². The molecule has 0 aliphatic heterocycles. The third-order valence-corrected chi connectivity index (χ3v) is 7.06. The predicted octanol–water partition coefficient (Wildman–Crippen LogP) is 5.62. The zero-order chi connectivity index (χ0) is 21.9. The lowest BCUT2D eigenvalue weighted by atomic mass is 10.1. The molecule has 30 heavy (non-hydrogen) atoms. The molecule has 0 fully saturated rings. The number of rotatable bonds is 7. The van der Waals surface area contributed by atoms with Crippen molar-refractivity contribution in [1.82, 2.24) is 0 Å². The number of methoxy groups -OCH3 is 2. The summed E-state index contributed by atoms with van der Waals surface area (Å²) in [4.78, 5) is 0.205. The second-order valence-corrected chi connectivity index (χ2v) is 9.13. The van der Waals surface area contributed by atoms with Gasteiger partial charge in [0.05, 0.1) is 30.8 Å². The van der Waals surface area contributed by atoms with Crippen LogP contribution in [0.25, 0.3) is 0 Å². The highest BCUT2D eigenvalue weighted by Crippen LogP contribution is 2.38. The van der Waals surface area contributed by atoms with Crippen LogP contribution in [-0.4, -0.2) is 22.6 Å². The molecule has 0 bridgehead atoms. The second kappa shape index (κ2) is 8.98. The van der Waals surface area contributed by atoms with Gasteiger partial charge in [0, 0.05) is 10.6 Å². The maximum Gasteiger partial charge on any atom is 0.264 e. The van der Waals surface area contributed by atoms with Gasteiger partial charge in [0.25, 0.3) is 10.0 Å². The Kier molecular flexibility index (Phi) is 6.58. The SMILES string of the molecule is COc1ccc(OC)c([C@H](C)N(c2ccc(Cl)cc2)S(=O)(=O)c2ccc(C)cc2)c1. The number of hydrogen-bond acceptors (Lipinski definition) is 4. The van der Waals surface area contributed by atoms with Gasteiger partial charge in [0.1, 0.15) is 11.5 Å². The highest BCUT2D eigenvalue weighted by atomic mass is 35.5. The summed E-state index contributed by atoms with van der Waals surface area (Å²) in [7, 11) is -0.761. The van der Waals surface area contributed by atoms with E-state index in [2.05, 4.69) is 0 Å². The zero-order valence-corrected chi connectivity index (χ0v) is 18.9. The fourth-order valence-electron chi connectivity index (χ4n) is 3.27. The molecule has 0 unspecified atom stereocenters. The smallest absolute Gasteiger partial charge is 0.264 e. The van der Waals surface area contributed by atoms with E-state index in [0.29, 0.717) is 27.8 Å². The van der Waals surface area contributed by atoms with Crippen LogP contribution in [-0.2, 0) is 10.0 Å². The molecule has 5 nitrogen and oxygen atoms in total. The Morgan fingerprint density at radius 2 is 1.53 bits per heavy atom. The van der Waals surface area contributed by atoms with Crippen LogP contribution in [0.2, 0.25) is 5.02 Å². The molecule has 0 saturated carbocycles. The van der Waals surface area contributed by atoms with Crippen LogP contribution < -0.4 is 13.8 Å². The maximum atomic E-state index is 13.7. The quantitative estimate of drug-likeness (QED) is 0.473. The lowest BCUT2D eigenvalue weighted by Crippen LogP contribution is -2.34. The predicted molar refractivity (Wildman–Crippen MR) is 120 cm³/mol. The number of hydrogen-bond donors (Lipinski definition) is 0. The molecule has 0 saturated heterocycles. The number of aryl methyl sites for hydroxylation is 1. The van der Waals surface area contributed by atoms with Crippen molar-refractivity contribution >= 4 is 27.3 Å². The van der Waals surface area contributed by atoms with Crippen molar-refractivity contribution in [3.63, 3.8) is 0 Å². The number of anilines is 1. The third kappa shape index (κ3) is 4.40. The minimum Gasteiger partial charge on any atom is -0.497 e. The van der Waals surface area contributed by atoms with E-state index < -0.39 is 16.1 Å². The molecule has 3 rings (SSSR count). The number of nitrogens with zero attached hydrogens (tertiary/aromatic N) is 1. The first-order valence-corrected chi connectivity index (χ1v) is 11.2. The van der Waals surface area contributed by atoms with E-state index in [0.717, 1.165) is 5.56 Å². The van der Waals surface area contributed by atoms with Gasteiger partial charge in [0.15, 0.2) is 0 Å². The van der Waals surface area contributed by atoms with Gasteiger partial charge in [-0.15, -0.1) is 0 Å². The van der Waals surface area contributed by atoms with Crippen LogP contribution in [0.1, 0.15) is 24.1 Å². The minimum absolute atomic E-state index is 0.205. The van der Waals surface area contributed by atoms with Crippen molar-refractivity contribution in [2.75, 3.05) is 18.5 Å². The highest BCUT2D eigenvalue weighted by Gasteiger charge is 2.32.